The maximum Gasteiger partial charge on any atom is 0.261 e. The molecule has 1 aliphatic carbocycles. The van der Waals surface area contributed by atoms with Gasteiger partial charge in [-0.2, -0.15) is 4.98 Å². The lowest BCUT2D eigenvalue weighted by atomic mass is 9.92. The van der Waals surface area contributed by atoms with Gasteiger partial charge in [0, 0.05) is 24.0 Å². The Bertz CT molecular complexity index is 1010. The Balaban J connectivity index is 1.70. The van der Waals surface area contributed by atoms with Crippen LogP contribution >= 0.6 is 0 Å². The van der Waals surface area contributed by atoms with Gasteiger partial charge in [-0.3, -0.25) is 4.79 Å². The van der Waals surface area contributed by atoms with E-state index in [1.165, 1.54) is 0 Å². The van der Waals surface area contributed by atoms with Crippen molar-refractivity contribution < 1.29 is 0 Å². The summed E-state index contributed by atoms with van der Waals surface area (Å²) in [5, 5.41) is 7.16. The van der Waals surface area contributed by atoms with Gasteiger partial charge in [-0.15, -0.1) is 0 Å². The minimum Gasteiger partial charge on any atom is -0.351 e. The van der Waals surface area contributed by atoms with Gasteiger partial charge in [0.05, 0.1) is 5.52 Å². The third kappa shape index (κ3) is 3.93. The molecule has 140 valence electrons. The molecule has 0 saturated heterocycles. The van der Waals surface area contributed by atoms with Gasteiger partial charge >= 0.3 is 0 Å². The molecule has 4 rings (SSSR count). The number of rotatable bonds is 4. The summed E-state index contributed by atoms with van der Waals surface area (Å²) in [5.41, 5.74) is 8.41. The summed E-state index contributed by atoms with van der Waals surface area (Å²) in [4.78, 5) is 24.3. The summed E-state index contributed by atoms with van der Waals surface area (Å²) < 4.78 is 0. The number of anilines is 3. The molecule has 0 radical (unpaired) electrons. The van der Waals surface area contributed by atoms with E-state index in [0.29, 0.717) is 28.7 Å². The van der Waals surface area contributed by atoms with E-state index in [1.54, 1.807) is 12.3 Å². The first-order valence-electron chi connectivity index (χ1n) is 9.34. The first-order chi connectivity index (χ1) is 13.1. The quantitative estimate of drug-likeness (QED) is 0.567. The Morgan fingerprint density at radius 1 is 1.15 bits per heavy atom. The van der Waals surface area contributed by atoms with Gasteiger partial charge in [0.2, 0.25) is 5.95 Å². The average Bonchev–Trinajstić information content (AvgIpc) is 2.64. The number of fused-ring (bicyclic) bond motifs is 1. The van der Waals surface area contributed by atoms with E-state index in [-0.39, 0.29) is 11.6 Å². The van der Waals surface area contributed by atoms with Crippen molar-refractivity contribution in [2.24, 2.45) is 5.73 Å². The molecule has 0 spiro atoms. The molecule has 1 aliphatic rings. The van der Waals surface area contributed by atoms with Crippen LogP contribution in [0.15, 0.2) is 41.3 Å². The van der Waals surface area contributed by atoms with Crippen molar-refractivity contribution in [3.05, 3.63) is 52.4 Å². The topological polar surface area (TPSA) is 109 Å². The minimum atomic E-state index is -0.210. The molecule has 0 aliphatic heterocycles. The lowest BCUT2D eigenvalue weighted by Gasteiger charge is -2.27. The Morgan fingerprint density at radius 3 is 2.74 bits per heavy atom. The number of hydrogen-bond acceptors (Lipinski definition) is 6. The van der Waals surface area contributed by atoms with E-state index in [4.69, 9.17) is 5.73 Å². The number of nitrogens with zero attached hydrogens (tertiary/aromatic N) is 2. The molecular weight excluding hydrogens is 340 g/mol. The summed E-state index contributed by atoms with van der Waals surface area (Å²) in [6.45, 7) is 2.02. The van der Waals surface area contributed by atoms with Crippen molar-refractivity contribution in [3.8, 4) is 0 Å². The summed E-state index contributed by atoms with van der Waals surface area (Å²) >= 11 is 0. The van der Waals surface area contributed by atoms with Crippen molar-refractivity contribution in [2.75, 3.05) is 10.6 Å². The maximum atomic E-state index is 12.4. The summed E-state index contributed by atoms with van der Waals surface area (Å²) in [6, 6.07) is 10.3. The van der Waals surface area contributed by atoms with Crippen molar-refractivity contribution in [1.29, 1.82) is 0 Å². The predicted molar refractivity (Wildman–Crippen MR) is 108 cm³/mol. The first kappa shape index (κ1) is 17.5. The third-order valence-electron chi connectivity index (χ3n) is 5.01. The van der Waals surface area contributed by atoms with E-state index in [2.05, 4.69) is 25.6 Å². The van der Waals surface area contributed by atoms with Crippen LogP contribution in [0.3, 0.4) is 0 Å². The lowest BCUT2D eigenvalue weighted by Crippen LogP contribution is -2.33. The van der Waals surface area contributed by atoms with Gasteiger partial charge in [0.25, 0.3) is 5.56 Å². The first-order valence-corrected chi connectivity index (χ1v) is 9.34. The molecule has 3 aromatic rings. The summed E-state index contributed by atoms with van der Waals surface area (Å²) in [6.07, 6.45) is 5.60. The van der Waals surface area contributed by atoms with Gasteiger partial charge in [-0.25, -0.2) is 4.98 Å². The number of aromatic amines is 1. The van der Waals surface area contributed by atoms with Crippen LogP contribution in [-0.4, -0.2) is 27.0 Å². The van der Waals surface area contributed by atoms with Crippen LogP contribution in [0.25, 0.3) is 10.9 Å². The van der Waals surface area contributed by atoms with E-state index in [1.807, 2.05) is 31.2 Å². The van der Waals surface area contributed by atoms with E-state index >= 15 is 0 Å². The Kier molecular flexibility index (Phi) is 4.77. The van der Waals surface area contributed by atoms with Crippen LogP contribution in [0.4, 0.5) is 17.5 Å². The smallest absolute Gasteiger partial charge is 0.261 e. The highest BCUT2D eigenvalue weighted by Crippen LogP contribution is 2.25. The van der Waals surface area contributed by atoms with Crippen LogP contribution < -0.4 is 21.9 Å². The zero-order valence-electron chi connectivity index (χ0n) is 15.3. The molecule has 27 heavy (non-hydrogen) atoms. The standard InChI is InChI=1S/C20H24N6O/c1-12-3-2-4-15(11-12)23-18-17-16(9-10-22-19(17)27)25-20(26-18)24-14-7-5-13(21)6-8-14/h2-4,9-11,13-14H,5-8,21H2,1H3,(H,22,27)(H2,23,24,25,26). The SMILES string of the molecule is Cc1cccc(Nc2nc(NC3CCC(N)CC3)nc3cc[nH]c(=O)c23)c1. The second kappa shape index (κ2) is 7.36. The Hall–Kier alpha value is -2.93. The molecule has 1 aromatic carbocycles. The summed E-state index contributed by atoms with van der Waals surface area (Å²) in [7, 11) is 0. The number of aryl methyl sites for hydroxylation is 1. The molecule has 0 atom stereocenters. The zero-order valence-corrected chi connectivity index (χ0v) is 15.3. The normalized spacial score (nSPS) is 19.8. The molecule has 0 unspecified atom stereocenters. The van der Waals surface area contributed by atoms with Crippen molar-refractivity contribution in [3.63, 3.8) is 0 Å². The van der Waals surface area contributed by atoms with Gasteiger partial charge in [-0.05, 0) is 56.4 Å². The molecule has 0 amide bonds. The third-order valence-corrected chi connectivity index (χ3v) is 5.01. The second-order valence-electron chi connectivity index (χ2n) is 7.21. The number of pyridine rings is 1. The van der Waals surface area contributed by atoms with Crippen LogP contribution in [-0.2, 0) is 0 Å². The molecule has 1 fully saturated rings. The Morgan fingerprint density at radius 2 is 1.96 bits per heavy atom. The van der Waals surface area contributed by atoms with E-state index in [0.717, 1.165) is 36.9 Å². The Labute approximate surface area is 157 Å². The number of hydrogen-bond donors (Lipinski definition) is 4. The highest BCUT2D eigenvalue weighted by atomic mass is 16.1. The predicted octanol–water partition coefficient (Wildman–Crippen LogP) is 3.05. The number of aromatic nitrogens is 3. The molecule has 2 heterocycles. The fraction of sp³-hybridized carbons (Fsp3) is 0.350. The van der Waals surface area contributed by atoms with Crippen LogP contribution in [0, 0.1) is 6.92 Å². The zero-order chi connectivity index (χ0) is 18.8. The lowest BCUT2D eigenvalue weighted by molar-refractivity contribution is 0.410. The monoisotopic (exact) mass is 364 g/mol. The van der Waals surface area contributed by atoms with E-state index in [9.17, 15) is 4.79 Å². The maximum absolute atomic E-state index is 12.4. The van der Waals surface area contributed by atoms with Crippen molar-refractivity contribution >= 4 is 28.4 Å². The van der Waals surface area contributed by atoms with Gasteiger partial charge in [-0.1, -0.05) is 12.1 Å². The van der Waals surface area contributed by atoms with Crippen molar-refractivity contribution in [2.45, 2.75) is 44.7 Å². The molecule has 2 aromatic heterocycles. The largest absolute Gasteiger partial charge is 0.351 e. The molecule has 7 heteroatoms. The van der Waals surface area contributed by atoms with Gasteiger partial charge in [0.1, 0.15) is 11.2 Å². The number of nitrogens with one attached hydrogen (secondary N) is 3. The van der Waals surface area contributed by atoms with E-state index < -0.39 is 0 Å². The fourth-order valence-electron chi connectivity index (χ4n) is 3.55. The molecule has 0 bridgehead atoms. The van der Waals surface area contributed by atoms with Crippen molar-refractivity contribution in [1.82, 2.24) is 15.0 Å². The second-order valence-corrected chi connectivity index (χ2v) is 7.21. The number of nitrogens with two attached hydrogens (primary N) is 1. The molecule has 7 nitrogen and oxygen atoms in total. The van der Waals surface area contributed by atoms with Crippen LogP contribution in [0.2, 0.25) is 0 Å². The molecular formula is C20H24N6O. The van der Waals surface area contributed by atoms with Crippen LogP contribution in [0.5, 0.6) is 0 Å². The fourth-order valence-corrected chi connectivity index (χ4v) is 3.55. The number of H-pyrrole nitrogens is 1. The number of benzene rings is 1. The van der Waals surface area contributed by atoms with Gasteiger partial charge in [0.15, 0.2) is 0 Å². The molecule has 1 saturated carbocycles. The summed E-state index contributed by atoms with van der Waals surface area (Å²) in [5.74, 6) is 1.03. The van der Waals surface area contributed by atoms with Gasteiger partial charge < -0.3 is 21.4 Å². The molecule has 5 N–H and O–H groups in total. The average molecular weight is 364 g/mol. The highest BCUT2D eigenvalue weighted by Gasteiger charge is 2.20. The highest BCUT2D eigenvalue weighted by molar-refractivity contribution is 5.90. The van der Waals surface area contributed by atoms with Crippen LogP contribution in [0.1, 0.15) is 31.2 Å². The minimum absolute atomic E-state index is 0.210.